The van der Waals surface area contributed by atoms with Crippen molar-refractivity contribution < 1.29 is 19.5 Å². The van der Waals surface area contributed by atoms with Gasteiger partial charge in [-0.2, -0.15) is 0 Å². The van der Waals surface area contributed by atoms with Crippen LogP contribution < -0.4 is 10.6 Å². The van der Waals surface area contributed by atoms with E-state index in [9.17, 15) is 14.4 Å². The van der Waals surface area contributed by atoms with E-state index in [4.69, 9.17) is 28.3 Å². The Morgan fingerprint density at radius 3 is 2.45 bits per heavy atom. The zero-order valence-corrected chi connectivity index (χ0v) is 13.4. The van der Waals surface area contributed by atoms with Crippen LogP contribution in [-0.4, -0.2) is 35.5 Å². The van der Waals surface area contributed by atoms with Crippen molar-refractivity contribution in [2.24, 2.45) is 0 Å². The molecule has 0 aliphatic heterocycles. The van der Waals surface area contributed by atoms with Crippen LogP contribution in [0.3, 0.4) is 0 Å². The smallest absolute Gasteiger partial charge is 0.326 e. The van der Waals surface area contributed by atoms with Crippen LogP contribution in [0.4, 0.5) is 0 Å². The maximum absolute atomic E-state index is 11.8. The minimum absolute atomic E-state index is 0.229. The fourth-order valence-corrected chi connectivity index (χ4v) is 1.99. The number of nitrogens with one attached hydrogen (secondary N) is 2. The lowest BCUT2D eigenvalue weighted by atomic mass is 10.1. The third-order valence-electron chi connectivity index (χ3n) is 2.80. The summed E-state index contributed by atoms with van der Waals surface area (Å²) in [4.78, 5) is 34.4. The molecule has 1 aromatic rings. The van der Waals surface area contributed by atoms with Crippen LogP contribution in [-0.2, 0) is 9.59 Å². The molecule has 1 atom stereocenters. The predicted octanol–water partition coefficient (Wildman–Crippen LogP) is 2.09. The van der Waals surface area contributed by atoms with Gasteiger partial charge in [-0.15, -0.1) is 0 Å². The quantitative estimate of drug-likeness (QED) is 0.704. The van der Waals surface area contributed by atoms with Gasteiger partial charge in [-0.1, -0.05) is 36.5 Å². The fraction of sp³-hybridized carbons (Fsp3) is 0.357. The summed E-state index contributed by atoms with van der Waals surface area (Å²) in [6, 6.07) is 3.37. The van der Waals surface area contributed by atoms with Crippen LogP contribution in [0.2, 0.25) is 10.0 Å². The molecule has 0 saturated carbocycles. The first-order valence-electron chi connectivity index (χ1n) is 6.60. The van der Waals surface area contributed by atoms with Gasteiger partial charge in [0.25, 0.3) is 5.91 Å². The zero-order valence-electron chi connectivity index (χ0n) is 11.9. The molecule has 6 nitrogen and oxygen atoms in total. The number of hydrogen-bond acceptors (Lipinski definition) is 3. The highest BCUT2D eigenvalue weighted by Gasteiger charge is 2.19. The van der Waals surface area contributed by atoms with Crippen LogP contribution in [0.15, 0.2) is 18.2 Å². The van der Waals surface area contributed by atoms with E-state index in [-0.39, 0.29) is 17.1 Å². The summed E-state index contributed by atoms with van der Waals surface area (Å²) in [6.45, 7) is 1.49. The van der Waals surface area contributed by atoms with Crippen LogP contribution in [0, 0.1) is 0 Å². The maximum Gasteiger partial charge on any atom is 0.326 e. The molecule has 1 unspecified atom stereocenters. The van der Waals surface area contributed by atoms with E-state index in [0.717, 1.165) is 0 Å². The summed E-state index contributed by atoms with van der Waals surface area (Å²) in [6.07, 6.45) is 0.939. The van der Waals surface area contributed by atoms with Crippen molar-refractivity contribution in [2.75, 3.05) is 6.54 Å². The van der Waals surface area contributed by atoms with Gasteiger partial charge >= 0.3 is 5.97 Å². The Morgan fingerprint density at radius 1 is 1.23 bits per heavy atom. The number of hydrogen-bond donors (Lipinski definition) is 3. The Bertz CT molecular complexity index is 578. The SMILES string of the molecule is CCCC(NC(=O)CNC(=O)c1ccc(Cl)c(Cl)c1)C(=O)O. The van der Waals surface area contributed by atoms with Crippen LogP contribution in [0.5, 0.6) is 0 Å². The number of carbonyl (C=O) groups excluding carboxylic acids is 2. The topological polar surface area (TPSA) is 95.5 Å². The summed E-state index contributed by atoms with van der Waals surface area (Å²) in [7, 11) is 0. The molecule has 0 radical (unpaired) electrons. The number of amides is 2. The zero-order chi connectivity index (χ0) is 16.7. The van der Waals surface area contributed by atoms with Gasteiger partial charge in [-0.3, -0.25) is 9.59 Å². The van der Waals surface area contributed by atoms with E-state index >= 15 is 0 Å². The van der Waals surface area contributed by atoms with Crippen molar-refractivity contribution in [1.82, 2.24) is 10.6 Å². The van der Waals surface area contributed by atoms with Crippen LogP contribution >= 0.6 is 23.2 Å². The average molecular weight is 347 g/mol. The third-order valence-corrected chi connectivity index (χ3v) is 3.54. The largest absolute Gasteiger partial charge is 0.480 e. The van der Waals surface area contributed by atoms with E-state index in [1.165, 1.54) is 18.2 Å². The number of rotatable bonds is 7. The fourth-order valence-electron chi connectivity index (χ4n) is 1.69. The molecule has 0 aliphatic rings. The van der Waals surface area contributed by atoms with E-state index < -0.39 is 23.8 Å². The van der Waals surface area contributed by atoms with Gasteiger partial charge in [0.15, 0.2) is 0 Å². The number of carboxylic acids is 1. The monoisotopic (exact) mass is 346 g/mol. The molecule has 0 aromatic heterocycles. The molecule has 0 spiro atoms. The number of carbonyl (C=O) groups is 3. The summed E-state index contributed by atoms with van der Waals surface area (Å²) < 4.78 is 0. The van der Waals surface area contributed by atoms with Crippen molar-refractivity contribution in [3.05, 3.63) is 33.8 Å². The molecule has 0 heterocycles. The maximum atomic E-state index is 11.8. The molecule has 8 heteroatoms. The van der Waals surface area contributed by atoms with Crippen molar-refractivity contribution in [3.63, 3.8) is 0 Å². The van der Waals surface area contributed by atoms with Gasteiger partial charge in [-0.25, -0.2) is 4.79 Å². The predicted molar refractivity (Wildman–Crippen MR) is 83.3 cm³/mol. The van der Waals surface area contributed by atoms with E-state index in [1.54, 1.807) is 0 Å². The molecule has 0 aliphatic carbocycles. The second-order valence-electron chi connectivity index (χ2n) is 4.56. The average Bonchev–Trinajstić information content (AvgIpc) is 2.47. The third kappa shape index (κ3) is 5.54. The molecule has 1 rings (SSSR count). The van der Waals surface area contributed by atoms with E-state index in [0.29, 0.717) is 17.9 Å². The molecule has 0 fully saturated rings. The normalized spacial score (nSPS) is 11.6. The minimum Gasteiger partial charge on any atom is -0.480 e. The summed E-state index contributed by atoms with van der Waals surface area (Å²) in [5, 5.41) is 14.2. The molecule has 120 valence electrons. The number of aliphatic carboxylic acids is 1. The first-order valence-corrected chi connectivity index (χ1v) is 7.36. The molecule has 2 amide bonds. The summed E-state index contributed by atoms with van der Waals surface area (Å²) in [5.74, 6) is -2.18. The second kappa shape index (κ2) is 8.60. The first kappa shape index (κ1) is 18.3. The Kier molecular flexibility index (Phi) is 7.14. The molecule has 1 aromatic carbocycles. The van der Waals surface area contributed by atoms with Gasteiger partial charge in [0.2, 0.25) is 5.91 Å². The van der Waals surface area contributed by atoms with Gasteiger partial charge in [0.1, 0.15) is 6.04 Å². The summed E-state index contributed by atoms with van der Waals surface area (Å²) >= 11 is 11.5. The standard InChI is InChI=1S/C14H16Cl2N2O4/c1-2-3-11(14(21)22)18-12(19)7-17-13(20)8-4-5-9(15)10(16)6-8/h4-6,11H,2-3,7H2,1H3,(H,17,20)(H,18,19)(H,21,22). The highest BCUT2D eigenvalue weighted by Crippen LogP contribution is 2.22. The molecular weight excluding hydrogens is 331 g/mol. The molecule has 3 N–H and O–H groups in total. The lowest BCUT2D eigenvalue weighted by molar-refractivity contribution is -0.141. The van der Waals surface area contributed by atoms with Gasteiger partial charge in [-0.05, 0) is 24.6 Å². The lowest BCUT2D eigenvalue weighted by Gasteiger charge is -2.13. The van der Waals surface area contributed by atoms with Crippen molar-refractivity contribution in [2.45, 2.75) is 25.8 Å². The van der Waals surface area contributed by atoms with Crippen LogP contribution in [0.1, 0.15) is 30.1 Å². The van der Waals surface area contributed by atoms with Gasteiger partial charge in [0.05, 0.1) is 16.6 Å². The first-order chi connectivity index (χ1) is 10.3. The molecule has 0 saturated heterocycles. The van der Waals surface area contributed by atoms with Crippen LogP contribution in [0.25, 0.3) is 0 Å². The number of carboxylic acid groups (broad SMARTS) is 1. The number of benzene rings is 1. The van der Waals surface area contributed by atoms with Gasteiger partial charge in [0, 0.05) is 5.56 Å². The highest BCUT2D eigenvalue weighted by molar-refractivity contribution is 6.42. The second-order valence-corrected chi connectivity index (χ2v) is 5.37. The molecular formula is C14H16Cl2N2O4. The highest BCUT2D eigenvalue weighted by atomic mass is 35.5. The lowest BCUT2D eigenvalue weighted by Crippen LogP contribution is -2.45. The summed E-state index contributed by atoms with van der Waals surface area (Å²) in [5.41, 5.74) is 0.255. The van der Waals surface area contributed by atoms with Gasteiger partial charge < -0.3 is 15.7 Å². The molecule has 0 bridgehead atoms. The van der Waals surface area contributed by atoms with Crippen molar-refractivity contribution in [3.8, 4) is 0 Å². The Hall–Kier alpha value is -1.79. The van der Waals surface area contributed by atoms with E-state index in [1.807, 2.05) is 6.92 Å². The van der Waals surface area contributed by atoms with Crippen molar-refractivity contribution in [1.29, 1.82) is 0 Å². The Balaban J connectivity index is 2.54. The Morgan fingerprint density at radius 2 is 1.91 bits per heavy atom. The van der Waals surface area contributed by atoms with Crippen molar-refractivity contribution >= 4 is 41.0 Å². The Labute approximate surface area is 137 Å². The van der Waals surface area contributed by atoms with E-state index in [2.05, 4.69) is 10.6 Å². The number of halogens is 2. The molecule has 22 heavy (non-hydrogen) atoms. The minimum atomic E-state index is -1.11.